The molecule has 1 amide bonds. The topological polar surface area (TPSA) is 38.3 Å². The van der Waals surface area contributed by atoms with E-state index in [1.165, 1.54) is 0 Å². The number of alkyl halides is 1. The van der Waals surface area contributed by atoms with Crippen molar-refractivity contribution in [1.82, 2.24) is 5.32 Å². The van der Waals surface area contributed by atoms with E-state index in [0.717, 1.165) is 6.42 Å². The van der Waals surface area contributed by atoms with Gasteiger partial charge in [-0.05, 0) is 19.3 Å². The summed E-state index contributed by atoms with van der Waals surface area (Å²) >= 11 is 5.73. The number of hydrogen-bond acceptors (Lipinski definition) is 2. The first-order valence-corrected chi connectivity index (χ1v) is 5.56. The maximum atomic E-state index is 11.3. The third-order valence-corrected chi connectivity index (χ3v) is 2.12. The van der Waals surface area contributed by atoms with E-state index >= 15 is 0 Å². The molecule has 1 atom stereocenters. The van der Waals surface area contributed by atoms with Gasteiger partial charge in [0.1, 0.15) is 6.61 Å². The van der Waals surface area contributed by atoms with Gasteiger partial charge in [-0.1, -0.05) is 13.8 Å². The van der Waals surface area contributed by atoms with E-state index in [2.05, 4.69) is 19.2 Å². The van der Waals surface area contributed by atoms with Crippen molar-refractivity contribution in [3.05, 3.63) is 0 Å². The van der Waals surface area contributed by atoms with Gasteiger partial charge in [-0.15, -0.1) is 11.6 Å². The zero-order valence-corrected chi connectivity index (χ0v) is 9.93. The molecule has 0 spiro atoms. The second-order valence-corrected chi connectivity index (χ2v) is 3.99. The molecule has 0 aromatic rings. The minimum Gasteiger partial charge on any atom is -0.372 e. The highest BCUT2D eigenvalue weighted by molar-refractivity contribution is 6.18. The molecule has 14 heavy (non-hydrogen) atoms. The van der Waals surface area contributed by atoms with E-state index in [-0.39, 0.29) is 18.6 Å². The first-order valence-electron chi connectivity index (χ1n) is 5.03. The first kappa shape index (κ1) is 13.7. The number of amides is 1. The van der Waals surface area contributed by atoms with Gasteiger partial charge in [0.2, 0.25) is 5.91 Å². The average Bonchev–Trinajstić information content (AvgIpc) is 2.12. The van der Waals surface area contributed by atoms with E-state index in [4.69, 9.17) is 16.3 Å². The molecule has 0 aliphatic heterocycles. The second-order valence-electron chi connectivity index (χ2n) is 3.69. The number of nitrogens with one attached hydrogen (secondary N) is 1. The summed E-state index contributed by atoms with van der Waals surface area (Å²) in [6, 6.07) is 0.0598. The molecule has 0 aliphatic rings. The molecular weight excluding hydrogens is 202 g/mol. The van der Waals surface area contributed by atoms with Gasteiger partial charge in [-0.3, -0.25) is 4.79 Å². The Morgan fingerprint density at radius 3 is 2.57 bits per heavy atom. The van der Waals surface area contributed by atoms with E-state index in [9.17, 15) is 4.79 Å². The van der Waals surface area contributed by atoms with E-state index in [1.807, 2.05) is 6.92 Å². The minimum absolute atomic E-state index is 0.0598. The van der Waals surface area contributed by atoms with Gasteiger partial charge in [0, 0.05) is 18.5 Å². The van der Waals surface area contributed by atoms with Crippen molar-refractivity contribution >= 4 is 17.5 Å². The van der Waals surface area contributed by atoms with Crippen LogP contribution in [-0.2, 0) is 9.53 Å². The third-order valence-electron chi connectivity index (χ3n) is 1.74. The second kappa shape index (κ2) is 8.06. The van der Waals surface area contributed by atoms with Crippen molar-refractivity contribution in [2.24, 2.45) is 5.92 Å². The Kier molecular flexibility index (Phi) is 7.90. The van der Waals surface area contributed by atoms with Crippen LogP contribution in [0.25, 0.3) is 0 Å². The van der Waals surface area contributed by atoms with Gasteiger partial charge < -0.3 is 10.1 Å². The fraction of sp³-hybridized carbons (Fsp3) is 0.900. The number of carbonyl (C=O) groups excluding carboxylic acids is 1. The summed E-state index contributed by atoms with van der Waals surface area (Å²) in [6.45, 7) is 6.76. The van der Waals surface area contributed by atoms with Crippen LogP contribution in [0.3, 0.4) is 0 Å². The standard InChI is InChI=1S/C10H20ClNO2/c1-4-14-7-10(13)12-9(6-11)5-8(2)3/h8-9H,4-7H2,1-3H3,(H,12,13). The highest BCUT2D eigenvalue weighted by atomic mass is 35.5. The normalized spacial score (nSPS) is 12.9. The number of rotatable bonds is 7. The van der Waals surface area contributed by atoms with Gasteiger partial charge >= 0.3 is 0 Å². The lowest BCUT2D eigenvalue weighted by Gasteiger charge is -2.17. The summed E-state index contributed by atoms with van der Waals surface area (Å²) in [5, 5.41) is 2.84. The van der Waals surface area contributed by atoms with E-state index in [1.54, 1.807) is 0 Å². The van der Waals surface area contributed by atoms with Crippen molar-refractivity contribution in [1.29, 1.82) is 0 Å². The van der Waals surface area contributed by atoms with Crippen LogP contribution in [0.2, 0.25) is 0 Å². The Bertz CT molecular complexity index is 162. The molecule has 0 aromatic carbocycles. The Labute approximate surface area is 91.2 Å². The molecule has 3 nitrogen and oxygen atoms in total. The van der Waals surface area contributed by atoms with Crippen LogP contribution in [-0.4, -0.2) is 31.0 Å². The Balaban J connectivity index is 3.74. The molecule has 0 rings (SSSR count). The summed E-state index contributed by atoms with van der Waals surface area (Å²) < 4.78 is 4.99. The van der Waals surface area contributed by atoms with Crippen LogP contribution < -0.4 is 5.32 Å². The predicted molar refractivity (Wildman–Crippen MR) is 58.6 cm³/mol. The van der Waals surface area contributed by atoms with Crippen molar-refractivity contribution in [3.63, 3.8) is 0 Å². The zero-order chi connectivity index (χ0) is 11.0. The average molecular weight is 222 g/mol. The van der Waals surface area contributed by atoms with Crippen LogP contribution in [0.5, 0.6) is 0 Å². The van der Waals surface area contributed by atoms with Crippen LogP contribution in [0, 0.1) is 5.92 Å². The fourth-order valence-electron chi connectivity index (χ4n) is 1.19. The quantitative estimate of drug-likeness (QED) is 0.666. The summed E-state index contributed by atoms with van der Waals surface area (Å²) in [7, 11) is 0. The molecule has 0 saturated heterocycles. The molecule has 0 radical (unpaired) electrons. The number of halogens is 1. The monoisotopic (exact) mass is 221 g/mol. The predicted octanol–water partition coefficient (Wildman–Crippen LogP) is 1.79. The molecule has 1 unspecified atom stereocenters. The largest absolute Gasteiger partial charge is 0.372 e. The van der Waals surface area contributed by atoms with Crippen LogP contribution in [0.1, 0.15) is 27.2 Å². The van der Waals surface area contributed by atoms with Gasteiger partial charge in [-0.25, -0.2) is 0 Å². The van der Waals surface area contributed by atoms with Crippen molar-refractivity contribution < 1.29 is 9.53 Å². The molecule has 0 heterocycles. The summed E-state index contributed by atoms with van der Waals surface area (Å²) in [4.78, 5) is 11.3. The van der Waals surface area contributed by atoms with Gasteiger partial charge in [0.05, 0.1) is 0 Å². The summed E-state index contributed by atoms with van der Waals surface area (Å²) in [5.74, 6) is 0.903. The van der Waals surface area contributed by atoms with E-state index in [0.29, 0.717) is 18.4 Å². The molecule has 0 fully saturated rings. The molecule has 0 bridgehead atoms. The zero-order valence-electron chi connectivity index (χ0n) is 9.18. The fourth-order valence-corrected chi connectivity index (χ4v) is 1.40. The highest BCUT2D eigenvalue weighted by Crippen LogP contribution is 2.05. The van der Waals surface area contributed by atoms with Crippen molar-refractivity contribution in [3.8, 4) is 0 Å². The number of hydrogen-bond donors (Lipinski definition) is 1. The third kappa shape index (κ3) is 7.15. The molecule has 0 aliphatic carbocycles. The maximum absolute atomic E-state index is 11.3. The Morgan fingerprint density at radius 1 is 1.50 bits per heavy atom. The van der Waals surface area contributed by atoms with Crippen molar-refractivity contribution in [2.45, 2.75) is 33.2 Å². The summed E-state index contributed by atoms with van der Waals surface area (Å²) in [5.41, 5.74) is 0. The highest BCUT2D eigenvalue weighted by Gasteiger charge is 2.12. The van der Waals surface area contributed by atoms with Gasteiger partial charge in [-0.2, -0.15) is 0 Å². The summed E-state index contributed by atoms with van der Waals surface area (Å²) in [6.07, 6.45) is 0.904. The Morgan fingerprint density at radius 2 is 2.14 bits per heavy atom. The van der Waals surface area contributed by atoms with Crippen LogP contribution in [0.4, 0.5) is 0 Å². The minimum atomic E-state index is -0.0850. The lowest BCUT2D eigenvalue weighted by molar-refractivity contribution is -0.126. The van der Waals surface area contributed by atoms with Crippen LogP contribution in [0.15, 0.2) is 0 Å². The van der Waals surface area contributed by atoms with Gasteiger partial charge in [0.25, 0.3) is 0 Å². The van der Waals surface area contributed by atoms with Crippen molar-refractivity contribution in [2.75, 3.05) is 19.1 Å². The molecule has 0 aromatic heterocycles. The lowest BCUT2D eigenvalue weighted by Crippen LogP contribution is -2.39. The molecule has 84 valence electrons. The molecule has 1 N–H and O–H groups in total. The molecule has 0 saturated carbocycles. The lowest BCUT2D eigenvalue weighted by atomic mass is 10.1. The molecular formula is C10H20ClNO2. The van der Waals surface area contributed by atoms with E-state index < -0.39 is 0 Å². The number of carbonyl (C=O) groups is 1. The smallest absolute Gasteiger partial charge is 0.246 e. The maximum Gasteiger partial charge on any atom is 0.246 e. The van der Waals surface area contributed by atoms with Crippen LogP contribution >= 0.6 is 11.6 Å². The first-order chi connectivity index (χ1) is 6.60. The number of ether oxygens (including phenoxy) is 1. The van der Waals surface area contributed by atoms with Gasteiger partial charge in [0.15, 0.2) is 0 Å². The molecule has 4 heteroatoms. The Hall–Kier alpha value is -0.280. The SMILES string of the molecule is CCOCC(=O)NC(CCl)CC(C)C.